The summed E-state index contributed by atoms with van der Waals surface area (Å²) in [5.74, 6) is 1.54. The number of rotatable bonds is 5. The summed E-state index contributed by atoms with van der Waals surface area (Å²) in [4.78, 5) is 0. The van der Waals surface area contributed by atoms with E-state index in [0.29, 0.717) is 37.4 Å². The summed E-state index contributed by atoms with van der Waals surface area (Å²) in [6.07, 6.45) is 3.23. The van der Waals surface area contributed by atoms with Gasteiger partial charge in [0, 0.05) is 19.6 Å². The van der Waals surface area contributed by atoms with Crippen molar-refractivity contribution < 1.29 is 8.42 Å². The van der Waals surface area contributed by atoms with Crippen molar-refractivity contribution in [1.29, 1.82) is 0 Å². The molecule has 2 fully saturated rings. The number of nitrogens with one attached hydrogen (secondary N) is 2. The molecule has 0 aromatic heterocycles. The zero-order valence-electron chi connectivity index (χ0n) is 12.1. The predicted molar refractivity (Wildman–Crippen MR) is 77.0 cm³/mol. The van der Waals surface area contributed by atoms with Crippen molar-refractivity contribution in [3.8, 4) is 0 Å². The molecule has 2 rings (SSSR count). The first kappa shape index (κ1) is 15.2. The van der Waals surface area contributed by atoms with Gasteiger partial charge < -0.3 is 5.32 Å². The minimum atomic E-state index is -3.28. The molecule has 0 aromatic rings. The molecule has 3 unspecified atom stereocenters. The monoisotopic (exact) mass is 289 g/mol. The van der Waals surface area contributed by atoms with Crippen LogP contribution >= 0.6 is 0 Å². The Morgan fingerprint density at radius 2 is 1.95 bits per heavy atom. The van der Waals surface area contributed by atoms with Crippen LogP contribution in [0.15, 0.2) is 0 Å². The number of hydrogen-bond acceptors (Lipinski definition) is 3. The maximum Gasteiger partial charge on any atom is 0.279 e. The van der Waals surface area contributed by atoms with E-state index >= 15 is 0 Å². The molecule has 0 aliphatic carbocycles. The highest BCUT2D eigenvalue weighted by Crippen LogP contribution is 2.22. The van der Waals surface area contributed by atoms with Crippen LogP contribution in [0, 0.1) is 17.8 Å². The molecule has 0 spiro atoms. The molecule has 19 heavy (non-hydrogen) atoms. The van der Waals surface area contributed by atoms with Gasteiger partial charge in [0.25, 0.3) is 10.2 Å². The maximum absolute atomic E-state index is 12.2. The molecular weight excluding hydrogens is 262 g/mol. The van der Waals surface area contributed by atoms with Crippen LogP contribution in [0.4, 0.5) is 0 Å². The van der Waals surface area contributed by atoms with Crippen molar-refractivity contribution in [1.82, 2.24) is 14.3 Å². The fraction of sp³-hybridized carbons (Fsp3) is 1.00. The lowest BCUT2D eigenvalue weighted by molar-refractivity contribution is 0.220. The van der Waals surface area contributed by atoms with E-state index in [4.69, 9.17) is 0 Å². The van der Waals surface area contributed by atoms with Gasteiger partial charge in [-0.15, -0.1) is 0 Å². The van der Waals surface area contributed by atoms with Gasteiger partial charge in [-0.25, -0.2) is 4.72 Å². The van der Waals surface area contributed by atoms with E-state index in [1.807, 2.05) is 0 Å². The maximum atomic E-state index is 12.2. The summed E-state index contributed by atoms with van der Waals surface area (Å²) in [6.45, 7) is 8.23. The van der Waals surface area contributed by atoms with E-state index in [1.165, 1.54) is 6.42 Å². The zero-order valence-corrected chi connectivity index (χ0v) is 12.9. The lowest BCUT2D eigenvalue weighted by atomic mass is 9.94. The van der Waals surface area contributed by atoms with Crippen molar-refractivity contribution >= 4 is 10.2 Å². The molecule has 0 radical (unpaired) electrons. The standard InChI is InChI=1S/C13H27N3O2S/c1-11-7-12(2)10-16(9-11)19(17,18)15-6-4-13-3-5-14-8-13/h11-15H,3-10H2,1-2H3. The van der Waals surface area contributed by atoms with E-state index in [-0.39, 0.29) is 0 Å². The highest BCUT2D eigenvalue weighted by molar-refractivity contribution is 7.87. The molecule has 2 aliphatic heterocycles. The van der Waals surface area contributed by atoms with E-state index in [1.54, 1.807) is 4.31 Å². The van der Waals surface area contributed by atoms with Gasteiger partial charge in [0.1, 0.15) is 0 Å². The molecule has 6 heteroatoms. The van der Waals surface area contributed by atoms with Crippen molar-refractivity contribution in [2.24, 2.45) is 17.8 Å². The van der Waals surface area contributed by atoms with Gasteiger partial charge in [0.2, 0.25) is 0 Å². The summed E-state index contributed by atoms with van der Waals surface area (Å²) in [7, 11) is -3.28. The predicted octanol–water partition coefficient (Wildman–Crippen LogP) is 0.798. The Morgan fingerprint density at radius 1 is 1.26 bits per heavy atom. The van der Waals surface area contributed by atoms with Crippen LogP contribution in [0.25, 0.3) is 0 Å². The molecule has 2 saturated heterocycles. The zero-order chi connectivity index (χ0) is 13.9. The highest BCUT2D eigenvalue weighted by atomic mass is 32.2. The van der Waals surface area contributed by atoms with E-state index < -0.39 is 10.2 Å². The molecular formula is C13H27N3O2S. The Kier molecular flexibility index (Phi) is 5.22. The van der Waals surface area contributed by atoms with Crippen molar-refractivity contribution in [2.45, 2.75) is 33.1 Å². The Balaban J connectivity index is 1.80. The molecule has 2 N–H and O–H groups in total. The summed E-state index contributed by atoms with van der Waals surface area (Å²) < 4.78 is 28.9. The molecule has 0 saturated carbocycles. The largest absolute Gasteiger partial charge is 0.316 e. The van der Waals surface area contributed by atoms with Gasteiger partial charge in [-0.3, -0.25) is 0 Å². The summed E-state index contributed by atoms with van der Waals surface area (Å²) in [6, 6.07) is 0. The first-order valence-electron chi connectivity index (χ1n) is 7.43. The van der Waals surface area contributed by atoms with Crippen molar-refractivity contribution in [2.75, 3.05) is 32.7 Å². The van der Waals surface area contributed by atoms with E-state index in [2.05, 4.69) is 23.9 Å². The normalized spacial score (nSPS) is 33.7. The van der Waals surface area contributed by atoms with Gasteiger partial charge in [-0.1, -0.05) is 13.8 Å². The molecule has 5 nitrogen and oxygen atoms in total. The first-order chi connectivity index (χ1) is 8.97. The van der Waals surface area contributed by atoms with Gasteiger partial charge in [0.15, 0.2) is 0 Å². The average molecular weight is 289 g/mol. The van der Waals surface area contributed by atoms with Crippen LogP contribution in [0.5, 0.6) is 0 Å². The Hall–Kier alpha value is -0.170. The summed E-state index contributed by atoms with van der Waals surface area (Å²) in [5.41, 5.74) is 0. The van der Waals surface area contributed by atoms with Crippen molar-refractivity contribution in [3.63, 3.8) is 0 Å². The Morgan fingerprint density at radius 3 is 2.53 bits per heavy atom. The second-order valence-corrected chi connectivity index (χ2v) is 8.07. The molecule has 0 amide bonds. The lowest BCUT2D eigenvalue weighted by Gasteiger charge is -2.34. The fourth-order valence-electron chi connectivity index (χ4n) is 3.25. The summed E-state index contributed by atoms with van der Waals surface area (Å²) in [5, 5.41) is 3.31. The average Bonchev–Trinajstić information content (AvgIpc) is 2.80. The van der Waals surface area contributed by atoms with E-state index in [0.717, 1.165) is 25.9 Å². The van der Waals surface area contributed by atoms with Gasteiger partial charge >= 0.3 is 0 Å². The van der Waals surface area contributed by atoms with Gasteiger partial charge in [-0.05, 0) is 50.1 Å². The fourth-order valence-corrected chi connectivity index (χ4v) is 4.71. The third-order valence-electron chi connectivity index (χ3n) is 4.17. The van der Waals surface area contributed by atoms with E-state index in [9.17, 15) is 8.42 Å². The third kappa shape index (κ3) is 4.41. The van der Waals surface area contributed by atoms with Crippen LogP contribution in [-0.2, 0) is 10.2 Å². The van der Waals surface area contributed by atoms with Crippen LogP contribution < -0.4 is 10.0 Å². The number of nitrogens with zero attached hydrogens (tertiary/aromatic N) is 1. The Bertz CT molecular complexity index is 369. The lowest BCUT2D eigenvalue weighted by Crippen LogP contribution is -2.48. The minimum absolute atomic E-state index is 0.458. The van der Waals surface area contributed by atoms with Crippen molar-refractivity contribution in [3.05, 3.63) is 0 Å². The second kappa shape index (κ2) is 6.52. The minimum Gasteiger partial charge on any atom is -0.316 e. The van der Waals surface area contributed by atoms with Crippen LogP contribution in [0.1, 0.15) is 33.1 Å². The van der Waals surface area contributed by atoms with Crippen LogP contribution in [-0.4, -0.2) is 45.4 Å². The second-order valence-electron chi connectivity index (χ2n) is 6.31. The van der Waals surface area contributed by atoms with Gasteiger partial charge in [-0.2, -0.15) is 12.7 Å². The molecule has 112 valence electrons. The number of hydrogen-bond donors (Lipinski definition) is 2. The molecule has 3 atom stereocenters. The van der Waals surface area contributed by atoms with Crippen LogP contribution in [0.2, 0.25) is 0 Å². The topological polar surface area (TPSA) is 61.4 Å². The first-order valence-corrected chi connectivity index (χ1v) is 8.87. The molecule has 0 aromatic carbocycles. The van der Waals surface area contributed by atoms with Crippen LogP contribution in [0.3, 0.4) is 0 Å². The number of piperidine rings is 1. The van der Waals surface area contributed by atoms with Gasteiger partial charge in [0.05, 0.1) is 0 Å². The third-order valence-corrected chi connectivity index (χ3v) is 5.72. The summed E-state index contributed by atoms with van der Waals surface area (Å²) >= 11 is 0. The molecule has 2 heterocycles. The molecule has 2 aliphatic rings. The quantitative estimate of drug-likeness (QED) is 0.787. The Labute approximate surface area is 117 Å². The SMILES string of the molecule is CC1CC(C)CN(S(=O)(=O)NCCC2CCNC2)C1. The highest BCUT2D eigenvalue weighted by Gasteiger charge is 2.30. The smallest absolute Gasteiger partial charge is 0.279 e. The molecule has 0 bridgehead atoms.